The lowest BCUT2D eigenvalue weighted by Gasteiger charge is -2.05. The van der Waals surface area contributed by atoms with Crippen molar-refractivity contribution in [1.29, 1.82) is 0 Å². The predicted molar refractivity (Wildman–Crippen MR) is 63.4 cm³/mol. The lowest BCUT2D eigenvalue weighted by Crippen LogP contribution is -2.01. The molecule has 0 atom stereocenters. The molecule has 0 aromatic carbocycles. The number of rotatable bonds is 4. The van der Waals surface area contributed by atoms with Crippen molar-refractivity contribution in [2.75, 3.05) is 13.7 Å². The predicted octanol–water partition coefficient (Wildman–Crippen LogP) is 1.76. The third kappa shape index (κ3) is 2.01. The van der Waals surface area contributed by atoms with Crippen LogP contribution < -0.4 is 0 Å². The molecule has 0 bridgehead atoms. The van der Waals surface area contributed by atoms with E-state index in [9.17, 15) is 4.79 Å². The summed E-state index contributed by atoms with van der Waals surface area (Å²) in [6.45, 7) is 2.40. The molecule has 90 valence electrons. The number of aromatic nitrogens is 2. The number of aromatic amines is 1. The zero-order valence-electron chi connectivity index (χ0n) is 9.78. The number of methoxy groups -OCH3 is 1. The van der Waals surface area contributed by atoms with Gasteiger partial charge in [0.15, 0.2) is 0 Å². The number of aryl methyl sites for hydroxylation is 1. The molecule has 0 amide bonds. The molecule has 5 nitrogen and oxygen atoms in total. The first-order chi connectivity index (χ1) is 8.15. The maximum Gasteiger partial charge on any atom is 0.337 e. The van der Waals surface area contributed by atoms with Gasteiger partial charge in [0.05, 0.1) is 23.4 Å². The summed E-state index contributed by atoms with van der Waals surface area (Å²) in [4.78, 5) is 18.4. The minimum Gasteiger partial charge on any atom is -0.478 e. The summed E-state index contributed by atoms with van der Waals surface area (Å²) in [5.41, 5.74) is 2.77. The van der Waals surface area contributed by atoms with Crippen LogP contribution >= 0.6 is 0 Å². The van der Waals surface area contributed by atoms with Crippen molar-refractivity contribution < 1.29 is 14.6 Å². The van der Waals surface area contributed by atoms with Crippen LogP contribution in [0.5, 0.6) is 0 Å². The Kier molecular flexibility index (Phi) is 3.10. The average molecular weight is 234 g/mol. The number of pyridine rings is 1. The normalized spacial score (nSPS) is 10.9. The van der Waals surface area contributed by atoms with Gasteiger partial charge in [-0.3, -0.25) is 4.98 Å². The van der Waals surface area contributed by atoms with Crippen molar-refractivity contribution in [1.82, 2.24) is 9.97 Å². The smallest absolute Gasteiger partial charge is 0.337 e. The molecule has 0 saturated carbocycles. The Labute approximate surface area is 98.4 Å². The Hall–Kier alpha value is -1.88. The van der Waals surface area contributed by atoms with E-state index in [1.165, 1.54) is 6.20 Å². The number of nitrogens with zero attached hydrogens (tertiary/aromatic N) is 1. The number of nitrogens with one attached hydrogen (secondary N) is 1. The van der Waals surface area contributed by atoms with Crippen molar-refractivity contribution in [3.8, 4) is 0 Å². The van der Waals surface area contributed by atoms with Crippen LogP contribution in [0.1, 0.15) is 21.6 Å². The van der Waals surface area contributed by atoms with E-state index in [1.807, 2.05) is 6.92 Å². The maximum atomic E-state index is 11.1. The molecule has 2 rings (SSSR count). The molecule has 2 heterocycles. The minimum atomic E-state index is -0.930. The summed E-state index contributed by atoms with van der Waals surface area (Å²) in [6.07, 6.45) is 3.88. The van der Waals surface area contributed by atoms with Gasteiger partial charge < -0.3 is 14.8 Å². The van der Waals surface area contributed by atoms with Gasteiger partial charge in [-0.1, -0.05) is 0 Å². The molecule has 17 heavy (non-hydrogen) atoms. The highest BCUT2D eigenvalue weighted by Crippen LogP contribution is 2.24. The summed E-state index contributed by atoms with van der Waals surface area (Å²) >= 11 is 0. The van der Waals surface area contributed by atoms with Gasteiger partial charge in [0.25, 0.3) is 0 Å². The van der Waals surface area contributed by atoms with Crippen molar-refractivity contribution >= 4 is 16.9 Å². The van der Waals surface area contributed by atoms with Crippen LogP contribution in [0.2, 0.25) is 0 Å². The zero-order chi connectivity index (χ0) is 12.4. The number of H-pyrrole nitrogens is 1. The number of ether oxygens (including phenoxy) is 1. The average Bonchev–Trinajstić information content (AvgIpc) is 2.74. The SMILES string of the molecule is COCCc1cnc(C)c2[nH]cc(C(=O)O)c12. The third-order valence-electron chi connectivity index (χ3n) is 2.78. The Morgan fingerprint density at radius 2 is 2.35 bits per heavy atom. The van der Waals surface area contributed by atoms with Crippen LogP contribution in [0.4, 0.5) is 0 Å². The first-order valence-electron chi connectivity index (χ1n) is 5.33. The topological polar surface area (TPSA) is 75.2 Å². The number of aromatic carboxylic acids is 1. The second-order valence-electron chi connectivity index (χ2n) is 3.87. The van der Waals surface area contributed by atoms with Gasteiger partial charge in [-0.25, -0.2) is 4.79 Å². The van der Waals surface area contributed by atoms with Crippen LogP contribution in [0.25, 0.3) is 10.9 Å². The quantitative estimate of drug-likeness (QED) is 0.845. The number of carboxylic acid groups (broad SMARTS) is 1. The molecule has 0 unspecified atom stereocenters. The van der Waals surface area contributed by atoms with Gasteiger partial charge in [0.2, 0.25) is 0 Å². The number of carbonyl (C=O) groups is 1. The van der Waals surface area contributed by atoms with Gasteiger partial charge in [0.1, 0.15) is 0 Å². The van der Waals surface area contributed by atoms with E-state index in [0.717, 1.165) is 22.2 Å². The summed E-state index contributed by atoms with van der Waals surface area (Å²) < 4.78 is 5.02. The van der Waals surface area contributed by atoms with Crippen molar-refractivity contribution in [2.45, 2.75) is 13.3 Å². The monoisotopic (exact) mass is 234 g/mol. The lowest BCUT2D eigenvalue weighted by atomic mass is 10.1. The molecule has 0 radical (unpaired) electrons. The molecule has 2 aromatic heterocycles. The van der Waals surface area contributed by atoms with E-state index < -0.39 is 5.97 Å². The van der Waals surface area contributed by atoms with Crippen molar-refractivity contribution in [3.05, 3.63) is 29.2 Å². The van der Waals surface area contributed by atoms with Crippen LogP contribution in [0.15, 0.2) is 12.4 Å². The van der Waals surface area contributed by atoms with Gasteiger partial charge in [-0.05, 0) is 18.9 Å². The maximum absolute atomic E-state index is 11.1. The molecular weight excluding hydrogens is 220 g/mol. The second-order valence-corrected chi connectivity index (χ2v) is 3.87. The highest BCUT2D eigenvalue weighted by Gasteiger charge is 2.15. The fourth-order valence-corrected chi connectivity index (χ4v) is 1.92. The first-order valence-corrected chi connectivity index (χ1v) is 5.33. The zero-order valence-corrected chi connectivity index (χ0v) is 9.78. The molecule has 0 fully saturated rings. The molecule has 5 heteroatoms. The Morgan fingerprint density at radius 1 is 1.59 bits per heavy atom. The molecule has 0 spiro atoms. The molecule has 0 aliphatic carbocycles. The van der Waals surface area contributed by atoms with E-state index >= 15 is 0 Å². The number of carboxylic acids is 1. The molecule has 0 saturated heterocycles. The fraction of sp³-hybridized carbons (Fsp3) is 0.333. The van der Waals surface area contributed by atoms with Crippen LogP contribution in [-0.2, 0) is 11.2 Å². The molecule has 2 aromatic rings. The van der Waals surface area contributed by atoms with Gasteiger partial charge in [0, 0.05) is 24.9 Å². The number of hydrogen-bond donors (Lipinski definition) is 2. The summed E-state index contributed by atoms with van der Waals surface area (Å²) in [5, 5.41) is 9.88. The standard InChI is InChI=1S/C12H14N2O3/c1-7-11-10(9(6-14-11)12(15)16)8(5-13-7)3-4-17-2/h5-6,14H,3-4H2,1-2H3,(H,15,16). The number of hydrogen-bond acceptors (Lipinski definition) is 3. The van der Waals surface area contributed by atoms with E-state index in [2.05, 4.69) is 9.97 Å². The largest absolute Gasteiger partial charge is 0.478 e. The molecule has 0 aliphatic heterocycles. The van der Waals surface area contributed by atoms with E-state index in [0.29, 0.717) is 13.0 Å². The summed E-state index contributed by atoms with van der Waals surface area (Å²) in [6, 6.07) is 0. The molecule has 0 aliphatic rings. The molecule has 2 N–H and O–H groups in total. The van der Waals surface area contributed by atoms with Crippen LogP contribution in [0.3, 0.4) is 0 Å². The Bertz CT molecular complexity index is 560. The fourth-order valence-electron chi connectivity index (χ4n) is 1.92. The summed E-state index contributed by atoms with van der Waals surface area (Å²) in [5.74, 6) is -0.930. The van der Waals surface area contributed by atoms with Crippen LogP contribution in [-0.4, -0.2) is 34.8 Å². The third-order valence-corrected chi connectivity index (χ3v) is 2.78. The van der Waals surface area contributed by atoms with Gasteiger partial charge in [-0.2, -0.15) is 0 Å². The highest BCUT2D eigenvalue weighted by molar-refractivity contribution is 6.05. The van der Waals surface area contributed by atoms with E-state index in [-0.39, 0.29) is 5.56 Å². The van der Waals surface area contributed by atoms with Gasteiger partial charge in [-0.15, -0.1) is 0 Å². The van der Waals surface area contributed by atoms with E-state index in [1.54, 1.807) is 13.3 Å². The highest BCUT2D eigenvalue weighted by atomic mass is 16.5. The Morgan fingerprint density at radius 3 is 3.00 bits per heavy atom. The Balaban J connectivity index is 2.62. The molecular formula is C12H14N2O3. The van der Waals surface area contributed by atoms with E-state index in [4.69, 9.17) is 9.84 Å². The lowest BCUT2D eigenvalue weighted by molar-refractivity contribution is 0.0699. The van der Waals surface area contributed by atoms with Crippen LogP contribution in [0, 0.1) is 6.92 Å². The summed E-state index contributed by atoms with van der Waals surface area (Å²) in [7, 11) is 1.62. The number of fused-ring (bicyclic) bond motifs is 1. The minimum absolute atomic E-state index is 0.289. The van der Waals surface area contributed by atoms with Crippen molar-refractivity contribution in [3.63, 3.8) is 0 Å². The first kappa shape index (κ1) is 11.6. The van der Waals surface area contributed by atoms with Crippen molar-refractivity contribution in [2.24, 2.45) is 0 Å². The second kappa shape index (κ2) is 4.55. The van der Waals surface area contributed by atoms with Gasteiger partial charge >= 0.3 is 5.97 Å².